The minimum absolute atomic E-state index is 0.0288. The first-order chi connectivity index (χ1) is 11.9. The molecule has 6 nitrogen and oxygen atoms in total. The number of aromatic nitrogens is 2. The number of aliphatic carboxylic acids is 1. The van der Waals surface area contributed by atoms with Crippen LogP contribution in [0.15, 0.2) is 18.7 Å². The Morgan fingerprint density at radius 2 is 2.00 bits per heavy atom. The average molecular weight is 399 g/mol. The Morgan fingerprint density at radius 1 is 1.35 bits per heavy atom. The van der Waals surface area contributed by atoms with Gasteiger partial charge in [-0.1, -0.05) is 27.7 Å². The zero-order chi connectivity index (χ0) is 19.7. The van der Waals surface area contributed by atoms with Crippen LogP contribution in [0.5, 0.6) is 0 Å². The molecule has 0 spiro atoms. The third kappa shape index (κ3) is 4.72. The lowest BCUT2D eigenvalue weighted by Gasteiger charge is -2.45. The summed E-state index contributed by atoms with van der Waals surface area (Å²) in [6, 6.07) is 0. The molecule has 0 bridgehead atoms. The maximum atomic E-state index is 11.6. The Labute approximate surface area is 162 Å². The van der Waals surface area contributed by atoms with E-state index in [1.807, 2.05) is 6.92 Å². The van der Waals surface area contributed by atoms with Gasteiger partial charge in [-0.2, -0.15) is 0 Å². The van der Waals surface area contributed by atoms with Crippen LogP contribution in [0, 0.1) is 11.8 Å². The van der Waals surface area contributed by atoms with Crippen molar-refractivity contribution in [2.45, 2.75) is 70.9 Å². The Hall–Kier alpha value is -1.25. The second kappa shape index (κ2) is 7.78. The van der Waals surface area contributed by atoms with Crippen molar-refractivity contribution >= 4 is 31.7 Å². The number of carboxylic acid groups (broad SMARTS) is 1. The number of hydrogen-bond donors (Lipinski definition) is 1. The molecule has 2 rings (SSSR count). The molecule has 1 aliphatic rings. The van der Waals surface area contributed by atoms with E-state index in [9.17, 15) is 9.90 Å². The van der Waals surface area contributed by atoms with Crippen LogP contribution < -0.4 is 0 Å². The first-order valence-electron chi connectivity index (χ1n) is 9.02. The molecule has 1 heterocycles. The Balaban J connectivity index is 2.23. The second-order valence-electron chi connectivity index (χ2n) is 8.72. The average Bonchev–Trinajstić information content (AvgIpc) is 3.03. The predicted molar refractivity (Wildman–Crippen MR) is 107 cm³/mol. The van der Waals surface area contributed by atoms with Gasteiger partial charge in [0.1, 0.15) is 12.4 Å². The molecule has 1 N–H and O–H groups in total. The van der Waals surface area contributed by atoms with Gasteiger partial charge < -0.3 is 14.3 Å². The minimum atomic E-state index is -2.08. The zero-order valence-corrected chi connectivity index (χ0v) is 18.2. The van der Waals surface area contributed by atoms with Crippen molar-refractivity contribution in [2.24, 2.45) is 11.8 Å². The van der Waals surface area contributed by atoms with Crippen molar-refractivity contribution in [3.8, 4) is 0 Å². The maximum Gasteiger partial charge on any atom is 0.306 e. The summed E-state index contributed by atoms with van der Waals surface area (Å²) in [4.78, 5) is 15.6. The van der Waals surface area contributed by atoms with E-state index in [0.29, 0.717) is 18.0 Å². The van der Waals surface area contributed by atoms with Gasteiger partial charge in [0.05, 0.1) is 12.0 Å². The molecule has 0 saturated heterocycles. The fourth-order valence-corrected chi connectivity index (χ4v) is 4.63. The Bertz CT molecular complexity index is 642. The molecule has 1 saturated carbocycles. The summed E-state index contributed by atoms with van der Waals surface area (Å²) in [5.41, 5.74) is 0. The number of carboxylic acids is 1. The fraction of sp³-hybridized carbons (Fsp3) is 0.722. The van der Waals surface area contributed by atoms with E-state index in [1.165, 1.54) is 0 Å². The van der Waals surface area contributed by atoms with Crippen molar-refractivity contribution in [2.75, 3.05) is 0 Å². The SMILES string of the molecule is CC1CC(C(=O)O)CC(O[Si](C)(C)C(C)(C)C)C1OC(=S)n1ccnc1. The van der Waals surface area contributed by atoms with Crippen molar-refractivity contribution in [3.05, 3.63) is 18.7 Å². The zero-order valence-electron chi connectivity index (χ0n) is 16.4. The smallest absolute Gasteiger partial charge is 0.306 e. The van der Waals surface area contributed by atoms with Gasteiger partial charge in [-0.15, -0.1) is 0 Å². The van der Waals surface area contributed by atoms with E-state index in [0.717, 1.165) is 0 Å². The van der Waals surface area contributed by atoms with Crippen LogP contribution >= 0.6 is 12.2 Å². The molecule has 26 heavy (non-hydrogen) atoms. The van der Waals surface area contributed by atoms with Crippen molar-refractivity contribution in [1.29, 1.82) is 0 Å². The summed E-state index contributed by atoms with van der Waals surface area (Å²) in [7, 11) is -2.08. The molecule has 146 valence electrons. The van der Waals surface area contributed by atoms with Crippen LogP contribution in [0.1, 0.15) is 40.5 Å². The van der Waals surface area contributed by atoms with Gasteiger partial charge in [-0.3, -0.25) is 9.36 Å². The molecule has 0 amide bonds. The highest BCUT2D eigenvalue weighted by Crippen LogP contribution is 2.41. The standard InChI is InChI=1S/C18H30N2O4SSi/c1-12-9-13(16(21)22)10-14(24-26(5,6)18(2,3)4)15(12)23-17(25)20-8-7-19-11-20/h7-8,11-15H,9-10H2,1-6H3,(H,21,22). The van der Waals surface area contributed by atoms with E-state index in [1.54, 1.807) is 23.3 Å². The third-order valence-corrected chi connectivity index (χ3v) is 10.5. The number of ether oxygens (including phenoxy) is 1. The molecule has 1 aliphatic carbocycles. The molecular weight excluding hydrogens is 368 g/mol. The highest BCUT2D eigenvalue weighted by atomic mass is 32.1. The Morgan fingerprint density at radius 3 is 2.50 bits per heavy atom. The number of nitrogens with zero attached hydrogens (tertiary/aromatic N) is 2. The van der Waals surface area contributed by atoms with Gasteiger partial charge in [0.2, 0.25) is 0 Å². The third-order valence-electron chi connectivity index (χ3n) is 5.65. The summed E-state index contributed by atoms with van der Waals surface area (Å²) in [5, 5.41) is 9.87. The van der Waals surface area contributed by atoms with Crippen molar-refractivity contribution in [1.82, 2.24) is 9.55 Å². The van der Waals surface area contributed by atoms with Crippen molar-refractivity contribution < 1.29 is 19.1 Å². The van der Waals surface area contributed by atoms with Gasteiger partial charge in [0, 0.05) is 12.4 Å². The molecule has 1 fully saturated rings. The van der Waals surface area contributed by atoms with Crippen molar-refractivity contribution in [3.63, 3.8) is 0 Å². The molecule has 4 atom stereocenters. The summed E-state index contributed by atoms with van der Waals surface area (Å²) >= 11 is 5.40. The lowest BCUT2D eigenvalue weighted by atomic mass is 9.78. The highest BCUT2D eigenvalue weighted by molar-refractivity contribution is 7.80. The topological polar surface area (TPSA) is 73.6 Å². The van der Waals surface area contributed by atoms with Crippen LogP contribution in [0.3, 0.4) is 0 Å². The molecule has 0 radical (unpaired) electrons. The molecule has 1 aromatic rings. The van der Waals surface area contributed by atoms with Gasteiger partial charge in [0.15, 0.2) is 8.32 Å². The summed E-state index contributed by atoms with van der Waals surface area (Å²) in [6.45, 7) is 12.9. The maximum absolute atomic E-state index is 11.6. The monoisotopic (exact) mass is 398 g/mol. The van der Waals surface area contributed by atoms with Gasteiger partial charge in [-0.25, -0.2) is 4.98 Å². The molecule has 0 aromatic carbocycles. The summed E-state index contributed by atoms with van der Waals surface area (Å²) in [6.07, 6.45) is 5.42. The first kappa shape index (κ1) is 21.1. The largest absolute Gasteiger partial charge is 0.481 e. The number of carbonyl (C=O) groups is 1. The van der Waals surface area contributed by atoms with E-state index in [4.69, 9.17) is 21.4 Å². The number of hydrogen-bond acceptors (Lipinski definition) is 5. The molecule has 0 aliphatic heterocycles. The van der Waals surface area contributed by atoms with E-state index < -0.39 is 20.2 Å². The molecule has 8 heteroatoms. The lowest BCUT2D eigenvalue weighted by Crippen LogP contribution is -2.53. The van der Waals surface area contributed by atoms with E-state index in [2.05, 4.69) is 38.8 Å². The Kier molecular flexibility index (Phi) is 6.30. The fourth-order valence-electron chi connectivity index (χ4n) is 3.07. The quantitative estimate of drug-likeness (QED) is 0.612. The van der Waals surface area contributed by atoms with Gasteiger partial charge in [0.25, 0.3) is 5.17 Å². The highest BCUT2D eigenvalue weighted by Gasteiger charge is 2.46. The number of imidazole rings is 1. The van der Waals surface area contributed by atoms with Gasteiger partial charge in [-0.05, 0) is 49.1 Å². The van der Waals surface area contributed by atoms with Crippen LogP contribution in [0.2, 0.25) is 18.1 Å². The van der Waals surface area contributed by atoms with Crippen LogP contribution in [0.25, 0.3) is 0 Å². The molecule has 1 aromatic heterocycles. The lowest BCUT2D eigenvalue weighted by molar-refractivity contribution is -0.147. The number of rotatable bonds is 4. The van der Waals surface area contributed by atoms with Crippen LogP contribution in [0.4, 0.5) is 0 Å². The predicted octanol–water partition coefficient (Wildman–Crippen LogP) is 3.92. The normalized spacial score (nSPS) is 27.2. The molecule has 4 unspecified atom stereocenters. The minimum Gasteiger partial charge on any atom is -0.481 e. The van der Waals surface area contributed by atoms with Crippen LogP contribution in [-0.4, -0.2) is 46.3 Å². The van der Waals surface area contributed by atoms with E-state index in [-0.39, 0.29) is 23.2 Å². The van der Waals surface area contributed by atoms with Crippen LogP contribution in [-0.2, 0) is 14.0 Å². The summed E-state index contributed by atoms with van der Waals surface area (Å²) < 4.78 is 14.3. The second-order valence-corrected chi connectivity index (χ2v) is 13.8. The first-order valence-corrected chi connectivity index (χ1v) is 12.3. The van der Waals surface area contributed by atoms with Gasteiger partial charge >= 0.3 is 5.97 Å². The summed E-state index contributed by atoms with van der Waals surface area (Å²) in [5.74, 6) is -1.15. The van der Waals surface area contributed by atoms with E-state index >= 15 is 0 Å². The number of thiocarbonyl (C=S) groups is 1. The molecular formula is C18H30N2O4SSi.